The van der Waals surface area contributed by atoms with E-state index in [1.165, 1.54) is 0 Å². The van der Waals surface area contributed by atoms with Crippen molar-refractivity contribution in [2.75, 3.05) is 12.8 Å². The number of rotatable bonds is 3. The van der Waals surface area contributed by atoms with Crippen LogP contribution in [-0.2, 0) is 18.0 Å². The molecule has 3 N–H and O–H groups in total. The summed E-state index contributed by atoms with van der Waals surface area (Å²) in [6, 6.07) is 0. The molecule has 0 aliphatic rings. The van der Waals surface area contributed by atoms with Crippen LogP contribution in [0.3, 0.4) is 0 Å². The molecule has 0 radical (unpaired) electrons. The normalized spacial score (nSPS) is 10.4. The van der Waals surface area contributed by atoms with Crippen molar-refractivity contribution in [3.05, 3.63) is 23.0 Å². The van der Waals surface area contributed by atoms with Crippen LogP contribution >= 0.6 is 0 Å². The summed E-state index contributed by atoms with van der Waals surface area (Å²) in [7, 11) is 1.59. The molecular formula is C9H14N2O2. The van der Waals surface area contributed by atoms with E-state index in [9.17, 15) is 0 Å². The van der Waals surface area contributed by atoms with Gasteiger partial charge in [-0.2, -0.15) is 0 Å². The molecule has 0 fully saturated rings. The minimum atomic E-state index is -0.0594. The molecule has 4 nitrogen and oxygen atoms in total. The number of nitrogen functional groups attached to an aromatic ring is 1. The Morgan fingerprint density at radius 3 is 2.85 bits per heavy atom. The Hall–Kier alpha value is -1.13. The van der Waals surface area contributed by atoms with E-state index >= 15 is 0 Å². The summed E-state index contributed by atoms with van der Waals surface area (Å²) in [5, 5.41) is 9.01. The molecular weight excluding hydrogens is 168 g/mol. The highest BCUT2D eigenvalue weighted by Gasteiger charge is 2.08. The summed E-state index contributed by atoms with van der Waals surface area (Å²) in [6.07, 6.45) is 1.63. The van der Waals surface area contributed by atoms with Crippen LogP contribution in [0.15, 0.2) is 6.20 Å². The van der Waals surface area contributed by atoms with Gasteiger partial charge in [0.25, 0.3) is 0 Å². The number of anilines is 1. The van der Waals surface area contributed by atoms with E-state index < -0.39 is 0 Å². The molecule has 1 aromatic rings. The number of aryl methyl sites for hydroxylation is 1. The van der Waals surface area contributed by atoms with Crippen molar-refractivity contribution in [1.29, 1.82) is 0 Å². The molecule has 0 saturated heterocycles. The van der Waals surface area contributed by atoms with Crippen molar-refractivity contribution in [2.45, 2.75) is 20.1 Å². The number of ether oxygens (including phenoxy) is 1. The van der Waals surface area contributed by atoms with E-state index in [0.717, 1.165) is 16.8 Å². The van der Waals surface area contributed by atoms with E-state index in [2.05, 4.69) is 4.98 Å². The lowest BCUT2D eigenvalue weighted by Gasteiger charge is -2.10. The van der Waals surface area contributed by atoms with E-state index in [1.54, 1.807) is 13.3 Å². The first-order chi connectivity index (χ1) is 6.20. The number of hydrogen-bond donors (Lipinski definition) is 2. The summed E-state index contributed by atoms with van der Waals surface area (Å²) < 4.78 is 4.99. The third-order valence-electron chi connectivity index (χ3n) is 1.98. The molecule has 4 heteroatoms. The number of methoxy groups -OCH3 is 1. The van der Waals surface area contributed by atoms with Gasteiger partial charge in [-0.1, -0.05) is 0 Å². The molecule has 0 aromatic carbocycles. The van der Waals surface area contributed by atoms with Gasteiger partial charge in [0.05, 0.1) is 24.6 Å². The predicted molar refractivity (Wildman–Crippen MR) is 50.0 cm³/mol. The molecule has 13 heavy (non-hydrogen) atoms. The van der Waals surface area contributed by atoms with E-state index in [-0.39, 0.29) is 6.61 Å². The highest BCUT2D eigenvalue weighted by molar-refractivity contribution is 5.52. The fourth-order valence-corrected chi connectivity index (χ4v) is 1.16. The molecule has 0 spiro atoms. The molecule has 0 atom stereocenters. The quantitative estimate of drug-likeness (QED) is 0.718. The highest BCUT2D eigenvalue weighted by Crippen LogP contribution is 2.19. The first-order valence-corrected chi connectivity index (χ1v) is 4.03. The first-order valence-electron chi connectivity index (χ1n) is 4.03. The van der Waals surface area contributed by atoms with Crippen LogP contribution < -0.4 is 5.73 Å². The summed E-state index contributed by atoms with van der Waals surface area (Å²) in [5.74, 6) is 0. The minimum absolute atomic E-state index is 0.0594. The monoisotopic (exact) mass is 182 g/mol. The van der Waals surface area contributed by atoms with Gasteiger partial charge in [-0.3, -0.25) is 4.98 Å². The maximum absolute atomic E-state index is 9.01. The average Bonchev–Trinajstić information content (AvgIpc) is 2.14. The van der Waals surface area contributed by atoms with Gasteiger partial charge >= 0.3 is 0 Å². The van der Waals surface area contributed by atoms with Crippen LogP contribution in [0.25, 0.3) is 0 Å². The molecule has 0 aliphatic heterocycles. The lowest BCUT2D eigenvalue weighted by atomic mass is 10.1. The molecule has 0 aliphatic carbocycles. The smallest absolute Gasteiger partial charge is 0.0737 e. The second-order valence-corrected chi connectivity index (χ2v) is 2.85. The Balaban J connectivity index is 3.15. The molecule has 0 saturated carbocycles. The van der Waals surface area contributed by atoms with Crippen LogP contribution in [0.5, 0.6) is 0 Å². The molecule has 1 rings (SSSR count). The highest BCUT2D eigenvalue weighted by atomic mass is 16.5. The average molecular weight is 182 g/mol. The lowest BCUT2D eigenvalue weighted by molar-refractivity contribution is 0.182. The van der Waals surface area contributed by atoms with Crippen LogP contribution in [0.4, 0.5) is 5.69 Å². The second kappa shape index (κ2) is 4.20. The van der Waals surface area contributed by atoms with Gasteiger partial charge in [0.1, 0.15) is 0 Å². The molecule has 0 unspecified atom stereocenters. The number of aromatic nitrogens is 1. The number of hydrogen-bond acceptors (Lipinski definition) is 4. The number of aliphatic hydroxyl groups is 1. The number of aliphatic hydroxyl groups excluding tert-OH is 1. The Morgan fingerprint density at radius 2 is 2.31 bits per heavy atom. The Labute approximate surface area is 77.4 Å². The predicted octanol–water partition coefficient (Wildman–Crippen LogP) is 0.611. The first kappa shape index (κ1) is 9.95. The van der Waals surface area contributed by atoms with Gasteiger partial charge in [0, 0.05) is 24.4 Å². The summed E-state index contributed by atoms with van der Waals surface area (Å²) in [4.78, 5) is 4.05. The molecule has 0 bridgehead atoms. The Morgan fingerprint density at radius 1 is 1.62 bits per heavy atom. The SMILES string of the molecule is COCc1c(CO)cnc(C)c1N. The number of nitrogens with two attached hydrogens (primary N) is 1. The summed E-state index contributed by atoms with van der Waals surface area (Å²) >= 11 is 0. The number of nitrogens with zero attached hydrogens (tertiary/aromatic N) is 1. The van der Waals surface area contributed by atoms with E-state index in [0.29, 0.717) is 12.3 Å². The zero-order valence-electron chi connectivity index (χ0n) is 7.87. The van der Waals surface area contributed by atoms with Gasteiger partial charge in [0.15, 0.2) is 0 Å². The van der Waals surface area contributed by atoms with Crippen molar-refractivity contribution in [3.63, 3.8) is 0 Å². The van der Waals surface area contributed by atoms with Crippen molar-refractivity contribution >= 4 is 5.69 Å². The zero-order valence-corrected chi connectivity index (χ0v) is 7.87. The molecule has 1 aromatic heterocycles. The topological polar surface area (TPSA) is 68.4 Å². The number of pyridine rings is 1. The summed E-state index contributed by atoms with van der Waals surface area (Å²) in [6.45, 7) is 2.18. The van der Waals surface area contributed by atoms with Crippen molar-refractivity contribution in [3.8, 4) is 0 Å². The van der Waals surface area contributed by atoms with Crippen molar-refractivity contribution in [1.82, 2.24) is 4.98 Å². The van der Waals surface area contributed by atoms with Crippen LogP contribution in [0, 0.1) is 6.92 Å². The molecule has 1 heterocycles. The van der Waals surface area contributed by atoms with Gasteiger partial charge in [-0.05, 0) is 6.92 Å². The van der Waals surface area contributed by atoms with Crippen LogP contribution in [0.1, 0.15) is 16.8 Å². The maximum Gasteiger partial charge on any atom is 0.0737 e. The fraction of sp³-hybridized carbons (Fsp3) is 0.444. The van der Waals surface area contributed by atoms with E-state index in [4.69, 9.17) is 15.6 Å². The van der Waals surface area contributed by atoms with E-state index in [1.807, 2.05) is 6.92 Å². The third-order valence-corrected chi connectivity index (χ3v) is 1.98. The van der Waals surface area contributed by atoms with Crippen LogP contribution in [-0.4, -0.2) is 17.2 Å². The standard InChI is InChI=1S/C9H14N2O2/c1-6-9(10)8(5-13-2)7(4-12)3-11-6/h3,12H,4-5,10H2,1-2H3. The molecule has 72 valence electrons. The largest absolute Gasteiger partial charge is 0.397 e. The van der Waals surface area contributed by atoms with Gasteiger partial charge < -0.3 is 15.6 Å². The van der Waals surface area contributed by atoms with Crippen LogP contribution in [0.2, 0.25) is 0 Å². The summed E-state index contributed by atoms with van der Waals surface area (Å²) in [5.41, 5.74) is 8.72. The van der Waals surface area contributed by atoms with Gasteiger partial charge in [0.2, 0.25) is 0 Å². The lowest BCUT2D eigenvalue weighted by Crippen LogP contribution is -2.05. The van der Waals surface area contributed by atoms with Crippen molar-refractivity contribution in [2.24, 2.45) is 0 Å². The zero-order chi connectivity index (χ0) is 9.84. The van der Waals surface area contributed by atoms with Gasteiger partial charge in [-0.25, -0.2) is 0 Å². The third kappa shape index (κ3) is 1.96. The molecule has 0 amide bonds. The Kier molecular flexibility index (Phi) is 3.22. The fourth-order valence-electron chi connectivity index (χ4n) is 1.16. The van der Waals surface area contributed by atoms with Crippen molar-refractivity contribution < 1.29 is 9.84 Å². The Bertz CT molecular complexity index is 300. The van der Waals surface area contributed by atoms with Gasteiger partial charge in [-0.15, -0.1) is 0 Å². The minimum Gasteiger partial charge on any atom is -0.397 e. The second-order valence-electron chi connectivity index (χ2n) is 2.85. The maximum atomic E-state index is 9.01.